The van der Waals surface area contributed by atoms with Crippen molar-refractivity contribution in [3.8, 4) is 0 Å². The van der Waals surface area contributed by atoms with Crippen LogP contribution >= 0.6 is 0 Å². The molecule has 2 rings (SSSR count). The monoisotopic (exact) mass is 264 g/mol. The Morgan fingerprint density at radius 3 is 1.89 bits per heavy atom. The number of nitrogens with one attached hydrogen (secondary N) is 1. The Morgan fingerprint density at radius 1 is 1.05 bits per heavy atom. The SMILES string of the molecule is CC.CC.CN(C)c1ccc(C(=O)NC2CC2)cc1. The van der Waals surface area contributed by atoms with Crippen molar-refractivity contribution in [3.05, 3.63) is 29.8 Å². The predicted molar refractivity (Wildman–Crippen MR) is 84.0 cm³/mol. The highest BCUT2D eigenvalue weighted by atomic mass is 16.1. The molecular formula is C16H28N2O. The zero-order chi connectivity index (χ0) is 14.8. The predicted octanol–water partition coefficient (Wildman–Crippen LogP) is 3.70. The Hall–Kier alpha value is -1.51. The average Bonchev–Trinajstić information content (AvgIpc) is 3.27. The number of benzene rings is 1. The molecule has 108 valence electrons. The van der Waals surface area contributed by atoms with Crippen LogP contribution in [0.4, 0.5) is 5.69 Å². The maximum atomic E-state index is 11.7. The van der Waals surface area contributed by atoms with Gasteiger partial charge < -0.3 is 10.2 Å². The number of rotatable bonds is 3. The molecule has 1 saturated carbocycles. The molecule has 0 aromatic heterocycles. The second kappa shape index (κ2) is 9.42. The van der Waals surface area contributed by atoms with Crippen LogP contribution in [0.1, 0.15) is 50.9 Å². The molecule has 1 aromatic carbocycles. The van der Waals surface area contributed by atoms with E-state index in [1.54, 1.807) is 0 Å². The van der Waals surface area contributed by atoms with E-state index < -0.39 is 0 Å². The third-order valence-corrected chi connectivity index (χ3v) is 2.56. The summed E-state index contributed by atoms with van der Waals surface area (Å²) in [6, 6.07) is 8.08. The Morgan fingerprint density at radius 2 is 1.53 bits per heavy atom. The van der Waals surface area contributed by atoms with Gasteiger partial charge in [0.05, 0.1) is 0 Å². The van der Waals surface area contributed by atoms with Crippen LogP contribution in [0.15, 0.2) is 24.3 Å². The number of carbonyl (C=O) groups is 1. The molecule has 0 saturated heterocycles. The first-order valence-corrected chi connectivity index (χ1v) is 7.25. The normalized spacial score (nSPS) is 12.3. The highest BCUT2D eigenvalue weighted by Gasteiger charge is 2.23. The number of anilines is 1. The van der Waals surface area contributed by atoms with Gasteiger partial charge in [-0.05, 0) is 37.1 Å². The van der Waals surface area contributed by atoms with Crippen molar-refractivity contribution in [2.45, 2.75) is 46.6 Å². The number of nitrogens with zero attached hydrogens (tertiary/aromatic N) is 1. The summed E-state index contributed by atoms with van der Waals surface area (Å²) in [4.78, 5) is 13.7. The van der Waals surface area contributed by atoms with Crippen LogP contribution in [0.2, 0.25) is 0 Å². The van der Waals surface area contributed by atoms with Crippen molar-refractivity contribution >= 4 is 11.6 Å². The second-order valence-corrected chi connectivity index (χ2v) is 4.19. The Labute approximate surface area is 118 Å². The Bertz CT molecular complexity index is 354. The second-order valence-electron chi connectivity index (χ2n) is 4.19. The zero-order valence-corrected chi connectivity index (χ0v) is 13.2. The van der Waals surface area contributed by atoms with Crippen molar-refractivity contribution in [1.29, 1.82) is 0 Å². The molecule has 0 radical (unpaired) electrons. The molecule has 0 bridgehead atoms. The van der Waals surface area contributed by atoms with Gasteiger partial charge in [0.2, 0.25) is 0 Å². The third-order valence-electron chi connectivity index (χ3n) is 2.56. The summed E-state index contributed by atoms with van der Waals surface area (Å²) in [5.74, 6) is 0.0443. The minimum Gasteiger partial charge on any atom is -0.378 e. The van der Waals surface area contributed by atoms with Crippen LogP contribution in [-0.4, -0.2) is 26.0 Å². The molecule has 0 heterocycles. The Kier molecular flexibility index (Phi) is 8.68. The molecule has 1 aliphatic carbocycles. The van der Waals surface area contributed by atoms with Gasteiger partial charge in [-0.1, -0.05) is 27.7 Å². The molecule has 1 fully saturated rings. The number of amides is 1. The van der Waals surface area contributed by atoms with E-state index >= 15 is 0 Å². The van der Waals surface area contributed by atoms with Crippen LogP contribution in [0.25, 0.3) is 0 Å². The molecule has 1 N–H and O–H groups in total. The topological polar surface area (TPSA) is 32.3 Å². The van der Waals surface area contributed by atoms with Gasteiger partial charge in [-0.25, -0.2) is 0 Å². The summed E-state index contributed by atoms with van der Waals surface area (Å²) in [5, 5.41) is 2.97. The molecule has 1 aromatic rings. The smallest absolute Gasteiger partial charge is 0.251 e. The fraction of sp³-hybridized carbons (Fsp3) is 0.562. The summed E-state index contributed by atoms with van der Waals surface area (Å²) in [6.07, 6.45) is 2.25. The van der Waals surface area contributed by atoms with E-state index in [2.05, 4.69) is 5.32 Å². The van der Waals surface area contributed by atoms with Gasteiger partial charge >= 0.3 is 0 Å². The zero-order valence-electron chi connectivity index (χ0n) is 13.2. The largest absolute Gasteiger partial charge is 0.378 e. The van der Waals surface area contributed by atoms with E-state index in [9.17, 15) is 4.79 Å². The van der Waals surface area contributed by atoms with Crippen LogP contribution in [0.3, 0.4) is 0 Å². The van der Waals surface area contributed by atoms with Gasteiger partial charge in [-0.15, -0.1) is 0 Å². The molecular weight excluding hydrogens is 236 g/mol. The van der Waals surface area contributed by atoms with Gasteiger partial charge in [0.15, 0.2) is 0 Å². The van der Waals surface area contributed by atoms with Gasteiger partial charge in [0.25, 0.3) is 5.91 Å². The van der Waals surface area contributed by atoms with Crippen LogP contribution < -0.4 is 10.2 Å². The maximum absolute atomic E-state index is 11.7. The summed E-state index contributed by atoms with van der Waals surface area (Å²) in [5.41, 5.74) is 1.85. The summed E-state index contributed by atoms with van der Waals surface area (Å²) in [6.45, 7) is 8.00. The van der Waals surface area contributed by atoms with E-state index in [4.69, 9.17) is 0 Å². The van der Waals surface area contributed by atoms with E-state index in [0.29, 0.717) is 6.04 Å². The standard InChI is InChI=1S/C12H16N2O.2C2H6/c1-14(2)11-7-3-9(4-8-11)12(15)13-10-5-6-10;2*1-2/h3-4,7-8,10H,5-6H2,1-2H3,(H,13,15);2*1-2H3. The third kappa shape index (κ3) is 6.27. The number of hydrogen-bond donors (Lipinski definition) is 1. The minimum atomic E-state index is 0.0443. The van der Waals surface area contributed by atoms with Gasteiger partial charge in [-0.2, -0.15) is 0 Å². The Balaban J connectivity index is 0.000000741. The van der Waals surface area contributed by atoms with Crippen molar-refractivity contribution < 1.29 is 4.79 Å². The highest BCUT2D eigenvalue weighted by molar-refractivity contribution is 5.94. The van der Waals surface area contributed by atoms with E-state index in [1.165, 1.54) is 0 Å². The highest BCUT2D eigenvalue weighted by Crippen LogP contribution is 2.19. The lowest BCUT2D eigenvalue weighted by molar-refractivity contribution is 0.0951. The van der Waals surface area contributed by atoms with E-state index in [1.807, 2.05) is 71.0 Å². The molecule has 19 heavy (non-hydrogen) atoms. The fourth-order valence-corrected chi connectivity index (χ4v) is 1.41. The lowest BCUT2D eigenvalue weighted by atomic mass is 10.2. The molecule has 0 spiro atoms. The number of hydrogen-bond acceptors (Lipinski definition) is 2. The number of carbonyl (C=O) groups excluding carboxylic acids is 1. The van der Waals surface area contributed by atoms with Crippen molar-refractivity contribution in [2.24, 2.45) is 0 Å². The van der Waals surface area contributed by atoms with Gasteiger partial charge in [0, 0.05) is 31.4 Å². The summed E-state index contributed by atoms with van der Waals surface area (Å²) < 4.78 is 0. The molecule has 1 amide bonds. The van der Waals surface area contributed by atoms with E-state index in [-0.39, 0.29) is 5.91 Å². The molecule has 3 nitrogen and oxygen atoms in total. The fourth-order valence-electron chi connectivity index (χ4n) is 1.41. The molecule has 0 aliphatic heterocycles. The van der Waals surface area contributed by atoms with Gasteiger partial charge in [0.1, 0.15) is 0 Å². The summed E-state index contributed by atoms with van der Waals surface area (Å²) in [7, 11) is 3.97. The van der Waals surface area contributed by atoms with Crippen molar-refractivity contribution in [1.82, 2.24) is 5.32 Å². The minimum absolute atomic E-state index is 0.0443. The lowest BCUT2D eigenvalue weighted by Gasteiger charge is -2.12. The maximum Gasteiger partial charge on any atom is 0.251 e. The lowest BCUT2D eigenvalue weighted by Crippen LogP contribution is -2.25. The first-order chi connectivity index (χ1) is 9.16. The summed E-state index contributed by atoms with van der Waals surface area (Å²) >= 11 is 0. The van der Waals surface area contributed by atoms with Crippen LogP contribution in [0.5, 0.6) is 0 Å². The van der Waals surface area contributed by atoms with Gasteiger partial charge in [-0.3, -0.25) is 4.79 Å². The van der Waals surface area contributed by atoms with E-state index in [0.717, 1.165) is 24.1 Å². The van der Waals surface area contributed by atoms with Crippen LogP contribution in [0, 0.1) is 0 Å². The van der Waals surface area contributed by atoms with Crippen molar-refractivity contribution in [2.75, 3.05) is 19.0 Å². The molecule has 0 unspecified atom stereocenters. The first kappa shape index (κ1) is 17.5. The molecule has 3 heteroatoms. The quantitative estimate of drug-likeness (QED) is 0.903. The average molecular weight is 264 g/mol. The van der Waals surface area contributed by atoms with Crippen LogP contribution in [-0.2, 0) is 0 Å². The molecule has 0 atom stereocenters. The molecule has 1 aliphatic rings. The first-order valence-electron chi connectivity index (χ1n) is 7.25. The van der Waals surface area contributed by atoms with Crippen molar-refractivity contribution in [3.63, 3.8) is 0 Å².